The molecule has 0 unspecified atom stereocenters. The third-order valence-corrected chi connectivity index (χ3v) is 3.45. The standard InChI is InChI=1S/C15H15N5/c16-11-13-10-14(20-8-2-1-3-9-20)19-15(18-13)12-4-6-17-7-5-12/h4-7,10H,1-3,8-9H2. The molecular weight excluding hydrogens is 250 g/mol. The molecule has 5 heteroatoms. The van der Waals surface area contributed by atoms with Gasteiger partial charge in [-0.25, -0.2) is 9.97 Å². The van der Waals surface area contributed by atoms with Crippen molar-refractivity contribution in [1.82, 2.24) is 15.0 Å². The largest absolute Gasteiger partial charge is 0.356 e. The van der Waals surface area contributed by atoms with Gasteiger partial charge in [-0.3, -0.25) is 4.98 Å². The Morgan fingerprint density at radius 1 is 1.05 bits per heavy atom. The molecule has 0 saturated carbocycles. The number of hydrogen-bond acceptors (Lipinski definition) is 5. The second kappa shape index (κ2) is 5.66. The number of rotatable bonds is 2. The zero-order chi connectivity index (χ0) is 13.8. The first-order valence-corrected chi connectivity index (χ1v) is 6.81. The summed E-state index contributed by atoms with van der Waals surface area (Å²) in [5.74, 6) is 1.44. The van der Waals surface area contributed by atoms with E-state index >= 15 is 0 Å². The third-order valence-electron chi connectivity index (χ3n) is 3.45. The number of piperidine rings is 1. The van der Waals surface area contributed by atoms with Gasteiger partial charge >= 0.3 is 0 Å². The summed E-state index contributed by atoms with van der Waals surface area (Å²) in [6, 6.07) is 7.61. The topological polar surface area (TPSA) is 65.7 Å². The van der Waals surface area contributed by atoms with Crippen molar-refractivity contribution in [1.29, 1.82) is 5.26 Å². The van der Waals surface area contributed by atoms with Crippen LogP contribution in [0.25, 0.3) is 11.4 Å². The number of hydrogen-bond donors (Lipinski definition) is 0. The second-order valence-electron chi connectivity index (χ2n) is 4.83. The van der Waals surface area contributed by atoms with Crippen LogP contribution in [0.15, 0.2) is 30.6 Å². The average Bonchev–Trinajstić information content (AvgIpc) is 2.56. The zero-order valence-corrected chi connectivity index (χ0v) is 11.2. The van der Waals surface area contributed by atoms with E-state index in [1.807, 2.05) is 12.1 Å². The van der Waals surface area contributed by atoms with Crippen molar-refractivity contribution in [3.8, 4) is 17.5 Å². The van der Waals surface area contributed by atoms with E-state index in [0.717, 1.165) is 24.5 Å². The normalized spacial score (nSPS) is 14.8. The molecule has 20 heavy (non-hydrogen) atoms. The summed E-state index contributed by atoms with van der Waals surface area (Å²) < 4.78 is 0. The Balaban J connectivity index is 2.01. The number of anilines is 1. The smallest absolute Gasteiger partial charge is 0.163 e. The van der Waals surface area contributed by atoms with E-state index in [2.05, 4.69) is 25.9 Å². The Kier molecular flexibility index (Phi) is 3.55. The molecule has 1 aliphatic heterocycles. The number of nitrogens with zero attached hydrogens (tertiary/aromatic N) is 5. The van der Waals surface area contributed by atoms with E-state index in [0.29, 0.717) is 11.5 Å². The van der Waals surface area contributed by atoms with Gasteiger partial charge in [0.15, 0.2) is 5.82 Å². The van der Waals surface area contributed by atoms with Crippen LogP contribution in [0.1, 0.15) is 25.0 Å². The maximum absolute atomic E-state index is 9.16. The minimum absolute atomic E-state index is 0.410. The Morgan fingerprint density at radius 3 is 2.50 bits per heavy atom. The number of pyridine rings is 1. The highest BCUT2D eigenvalue weighted by atomic mass is 15.2. The Hall–Kier alpha value is -2.48. The van der Waals surface area contributed by atoms with Gasteiger partial charge in [0.2, 0.25) is 0 Å². The molecule has 1 fully saturated rings. The van der Waals surface area contributed by atoms with Gasteiger partial charge < -0.3 is 4.90 Å². The quantitative estimate of drug-likeness (QED) is 0.834. The van der Waals surface area contributed by atoms with Crippen molar-refractivity contribution < 1.29 is 0 Å². The summed E-state index contributed by atoms with van der Waals surface area (Å²) in [7, 11) is 0. The summed E-state index contributed by atoms with van der Waals surface area (Å²) in [6.07, 6.45) is 7.04. The molecule has 1 aliphatic rings. The Labute approximate surface area is 117 Å². The molecule has 0 atom stereocenters. The highest BCUT2D eigenvalue weighted by Crippen LogP contribution is 2.22. The fourth-order valence-electron chi connectivity index (χ4n) is 2.41. The van der Waals surface area contributed by atoms with Gasteiger partial charge in [0.1, 0.15) is 17.6 Å². The summed E-state index contributed by atoms with van der Waals surface area (Å²) >= 11 is 0. The van der Waals surface area contributed by atoms with Crippen molar-refractivity contribution in [2.24, 2.45) is 0 Å². The van der Waals surface area contributed by atoms with Crippen molar-refractivity contribution in [2.45, 2.75) is 19.3 Å². The molecule has 0 aromatic carbocycles. The number of nitriles is 1. The SMILES string of the molecule is N#Cc1cc(N2CCCCC2)nc(-c2ccncc2)n1. The minimum Gasteiger partial charge on any atom is -0.356 e. The van der Waals surface area contributed by atoms with Crippen LogP contribution in [0, 0.1) is 11.3 Å². The minimum atomic E-state index is 0.410. The van der Waals surface area contributed by atoms with Crippen LogP contribution in [0.3, 0.4) is 0 Å². The Morgan fingerprint density at radius 2 is 1.80 bits per heavy atom. The van der Waals surface area contributed by atoms with Gasteiger partial charge in [0, 0.05) is 37.1 Å². The average molecular weight is 265 g/mol. The van der Waals surface area contributed by atoms with E-state index < -0.39 is 0 Å². The van der Waals surface area contributed by atoms with Crippen molar-refractivity contribution >= 4 is 5.82 Å². The van der Waals surface area contributed by atoms with Gasteiger partial charge in [-0.15, -0.1) is 0 Å². The van der Waals surface area contributed by atoms with Gasteiger partial charge in [0.05, 0.1) is 0 Å². The van der Waals surface area contributed by atoms with Crippen LogP contribution in [0.5, 0.6) is 0 Å². The molecular formula is C15H15N5. The summed E-state index contributed by atoms with van der Waals surface area (Å²) in [6.45, 7) is 2.00. The maximum Gasteiger partial charge on any atom is 0.163 e. The highest BCUT2D eigenvalue weighted by Gasteiger charge is 2.15. The first kappa shape index (κ1) is 12.5. The van der Waals surface area contributed by atoms with E-state index in [1.165, 1.54) is 19.3 Å². The third kappa shape index (κ3) is 2.59. The highest BCUT2D eigenvalue weighted by molar-refractivity contribution is 5.58. The van der Waals surface area contributed by atoms with Gasteiger partial charge in [0.25, 0.3) is 0 Å². The molecule has 0 radical (unpaired) electrons. The molecule has 0 bridgehead atoms. The maximum atomic E-state index is 9.16. The molecule has 0 aliphatic carbocycles. The van der Waals surface area contributed by atoms with E-state index in [1.54, 1.807) is 18.5 Å². The molecule has 1 saturated heterocycles. The lowest BCUT2D eigenvalue weighted by Crippen LogP contribution is -2.30. The number of aromatic nitrogens is 3. The predicted molar refractivity (Wildman–Crippen MR) is 76.0 cm³/mol. The molecule has 0 spiro atoms. The van der Waals surface area contributed by atoms with Crippen LogP contribution < -0.4 is 4.90 Å². The molecule has 2 aromatic heterocycles. The fraction of sp³-hybridized carbons (Fsp3) is 0.333. The molecule has 0 N–H and O–H groups in total. The van der Waals surface area contributed by atoms with E-state index in [4.69, 9.17) is 5.26 Å². The van der Waals surface area contributed by atoms with Gasteiger partial charge in [-0.05, 0) is 31.4 Å². The van der Waals surface area contributed by atoms with Crippen LogP contribution in [0.4, 0.5) is 5.82 Å². The van der Waals surface area contributed by atoms with Crippen LogP contribution in [0.2, 0.25) is 0 Å². The van der Waals surface area contributed by atoms with Crippen LogP contribution in [-0.2, 0) is 0 Å². The lowest BCUT2D eigenvalue weighted by atomic mass is 10.1. The summed E-state index contributed by atoms with van der Waals surface area (Å²) in [4.78, 5) is 15.1. The molecule has 2 aromatic rings. The lowest BCUT2D eigenvalue weighted by Gasteiger charge is -2.27. The first-order chi connectivity index (χ1) is 9.86. The molecule has 3 heterocycles. The predicted octanol–water partition coefficient (Wildman–Crippen LogP) is 2.40. The lowest BCUT2D eigenvalue weighted by molar-refractivity contribution is 0.573. The molecule has 3 rings (SSSR count). The second-order valence-corrected chi connectivity index (χ2v) is 4.83. The fourth-order valence-corrected chi connectivity index (χ4v) is 2.41. The van der Waals surface area contributed by atoms with Crippen molar-refractivity contribution in [2.75, 3.05) is 18.0 Å². The Bertz CT molecular complexity index is 626. The van der Waals surface area contributed by atoms with Gasteiger partial charge in [-0.1, -0.05) is 0 Å². The first-order valence-electron chi connectivity index (χ1n) is 6.81. The van der Waals surface area contributed by atoms with Crippen LogP contribution in [-0.4, -0.2) is 28.0 Å². The van der Waals surface area contributed by atoms with Crippen molar-refractivity contribution in [3.05, 3.63) is 36.3 Å². The van der Waals surface area contributed by atoms with Crippen LogP contribution >= 0.6 is 0 Å². The molecule has 0 amide bonds. The summed E-state index contributed by atoms with van der Waals surface area (Å²) in [5.41, 5.74) is 1.29. The van der Waals surface area contributed by atoms with Gasteiger partial charge in [-0.2, -0.15) is 5.26 Å². The summed E-state index contributed by atoms with van der Waals surface area (Å²) in [5, 5.41) is 9.16. The molecule has 5 nitrogen and oxygen atoms in total. The van der Waals surface area contributed by atoms with E-state index in [9.17, 15) is 0 Å². The van der Waals surface area contributed by atoms with E-state index in [-0.39, 0.29) is 0 Å². The molecule has 100 valence electrons. The van der Waals surface area contributed by atoms with Crippen molar-refractivity contribution in [3.63, 3.8) is 0 Å². The monoisotopic (exact) mass is 265 g/mol. The zero-order valence-electron chi connectivity index (χ0n) is 11.2.